The Morgan fingerprint density at radius 2 is 1.14 bits per heavy atom. The third-order valence-corrected chi connectivity index (χ3v) is 11.1. The molecule has 4 aromatic heterocycles. The van der Waals surface area contributed by atoms with Gasteiger partial charge in [-0.15, -0.1) is 0 Å². The number of nitrogens with two attached hydrogens (primary N) is 1. The fourth-order valence-electron chi connectivity index (χ4n) is 6.96. The zero-order valence-corrected chi connectivity index (χ0v) is 36.4. The smallest absolute Gasteiger partial charge is 0.410 e. The van der Waals surface area contributed by atoms with Crippen molar-refractivity contribution in [2.75, 3.05) is 18.4 Å². The number of amides is 2. The van der Waals surface area contributed by atoms with Crippen LogP contribution in [-0.4, -0.2) is 87.6 Å². The van der Waals surface area contributed by atoms with Gasteiger partial charge in [0.1, 0.15) is 22.2 Å². The zero-order valence-electron chi connectivity index (χ0n) is 35.6. The molecule has 3 N–H and O–H groups in total. The Hall–Kier alpha value is -4.17. The molecule has 0 aromatic carbocycles. The first-order valence-electron chi connectivity index (χ1n) is 20.7. The number of ether oxygens (including phenoxy) is 2. The number of hydrogen-bond acceptors (Lipinski definition) is 10. The molecule has 4 aromatic rings. The minimum absolute atomic E-state index is 0.0697. The summed E-state index contributed by atoms with van der Waals surface area (Å²) in [5.41, 5.74) is 11.4. The summed E-state index contributed by atoms with van der Waals surface area (Å²) >= 11 is 6.42. The van der Waals surface area contributed by atoms with E-state index in [1.54, 1.807) is 9.42 Å². The Morgan fingerprint density at radius 3 is 1.58 bits per heavy atom. The zero-order chi connectivity index (χ0) is 41.4. The molecule has 14 nitrogen and oxygen atoms in total. The van der Waals surface area contributed by atoms with Crippen LogP contribution in [0.5, 0.6) is 0 Å². The average Bonchev–Trinajstić information content (AvgIpc) is 4.05. The van der Waals surface area contributed by atoms with E-state index < -0.39 is 11.2 Å². The molecule has 2 aliphatic carbocycles. The first-order valence-corrected chi connectivity index (χ1v) is 21.1. The van der Waals surface area contributed by atoms with E-state index in [1.165, 1.54) is 25.7 Å². The van der Waals surface area contributed by atoms with Crippen molar-refractivity contribution < 1.29 is 19.1 Å². The number of nitrogens with one attached hydrogen (secondary N) is 1. The molecule has 8 rings (SSSR count). The van der Waals surface area contributed by atoms with Crippen molar-refractivity contribution in [2.45, 2.75) is 169 Å². The molecule has 2 amide bonds. The van der Waals surface area contributed by atoms with Gasteiger partial charge in [-0.3, -0.25) is 9.80 Å². The van der Waals surface area contributed by atoms with Crippen molar-refractivity contribution in [3.05, 3.63) is 51.2 Å². The summed E-state index contributed by atoms with van der Waals surface area (Å²) < 4.78 is 14.8. The van der Waals surface area contributed by atoms with Gasteiger partial charge in [-0.25, -0.2) is 24.1 Å². The normalized spacial score (nSPS) is 20.1. The van der Waals surface area contributed by atoms with Crippen LogP contribution in [0.1, 0.15) is 152 Å². The van der Waals surface area contributed by atoms with E-state index in [-0.39, 0.29) is 24.3 Å². The van der Waals surface area contributed by atoms with Gasteiger partial charge in [0.15, 0.2) is 11.3 Å². The number of halogens is 1. The second-order valence-electron chi connectivity index (χ2n) is 18.1. The molecule has 2 saturated carbocycles. The largest absolute Gasteiger partial charge is 0.444 e. The van der Waals surface area contributed by atoms with Gasteiger partial charge < -0.3 is 20.5 Å². The van der Waals surface area contributed by atoms with E-state index in [1.807, 2.05) is 83.9 Å². The summed E-state index contributed by atoms with van der Waals surface area (Å²) in [5.74, 6) is 1.02. The van der Waals surface area contributed by atoms with E-state index in [4.69, 9.17) is 36.9 Å². The van der Waals surface area contributed by atoms with Gasteiger partial charge in [0.25, 0.3) is 0 Å². The molecule has 57 heavy (non-hydrogen) atoms. The Labute approximate surface area is 342 Å². The Balaban J connectivity index is 0.000000176. The predicted octanol–water partition coefficient (Wildman–Crippen LogP) is 8.95. The minimum Gasteiger partial charge on any atom is -0.444 e. The number of aryl methyl sites for hydroxylation is 2. The Morgan fingerprint density at radius 1 is 0.702 bits per heavy atom. The fraction of sp³-hybridized carbons (Fsp3) is 0.667. The fourth-order valence-corrected chi connectivity index (χ4v) is 7.23. The number of piperidine rings is 2. The minimum atomic E-state index is -0.517. The van der Waals surface area contributed by atoms with Crippen LogP contribution in [0.4, 0.5) is 15.4 Å². The molecule has 2 saturated heterocycles. The molecule has 0 bridgehead atoms. The molecule has 6 heterocycles. The molecule has 2 aliphatic heterocycles. The quantitative estimate of drug-likeness (QED) is 0.191. The molecule has 4 fully saturated rings. The van der Waals surface area contributed by atoms with Crippen LogP contribution >= 0.6 is 11.6 Å². The highest BCUT2D eigenvalue weighted by atomic mass is 35.5. The Bertz CT molecular complexity index is 2070. The lowest BCUT2D eigenvalue weighted by Crippen LogP contribution is -2.42. The molecule has 4 aliphatic rings. The van der Waals surface area contributed by atoms with Crippen LogP contribution in [0.25, 0.3) is 11.3 Å². The van der Waals surface area contributed by atoms with Gasteiger partial charge in [0, 0.05) is 59.8 Å². The lowest BCUT2D eigenvalue weighted by atomic mass is 10.00. The van der Waals surface area contributed by atoms with Gasteiger partial charge in [-0.1, -0.05) is 11.6 Å². The molecule has 15 heteroatoms. The number of rotatable bonds is 4. The second-order valence-corrected chi connectivity index (χ2v) is 18.4. The molecule has 312 valence electrons. The van der Waals surface area contributed by atoms with Crippen molar-refractivity contribution in [2.24, 2.45) is 5.73 Å². The topological polar surface area (TPSA) is 158 Å². The standard InChI is InChI=1S/C21H31N5O2.C18H25ClN4O2.C3H7N/c1-13-14(2)22-18-12-16(24-26(18)19(13)23-15-9-10-15)17-8-6-7-11-25(17)20(27)28-21(3,4)5;1-11-12(2)20-15-10-13(21-23(15)16(11)19)14-8-6-7-9-22(14)17(24)25-18(3,4)5;4-3-1-2-3/h12,15,17,23H,6-11H2,1-5H3;10,14H,6-9H2,1-5H3;3H,1-2,4H2/t17-;14-;/m00./s1. The molecule has 0 spiro atoms. The lowest BCUT2D eigenvalue weighted by Gasteiger charge is -2.35. The second kappa shape index (κ2) is 17.0. The van der Waals surface area contributed by atoms with Gasteiger partial charge in [0.2, 0.25) is 0 Å². The number of likely N-dealkylation sites (tertiary alicyclic amines) is 2. The van der Waals surface area contributed by atoms with Crippen LogP contribution in [0, 0.1) is 27.7 Å². The number of carbonyl (C=O) groups is 2. The number of anilines is 1. The number of hydrogen-bond donors (Lipinski definition) is 2. The van der Waals surface area contributed by atoms with Gasteiger partial charge in [0.05, 0.1) is 23.5 Å². The summed E-state index contributed by atoms with van der Waals surface area (Å²) in [4.78, 5) is 38.3. The predicted molar refractivity (Wildman–Crippen MR) is 223 cm³/mol. The number of nitrogens with zero attached hydrogens (tertiary/aromatic N) is 8. The van der Waals surface area contributed by atoms with Crippen LogP contribution < -0.4 is 11.1 Å². The van der Waals surface area contributed by atoms with E-state index in [0.29, 0.717) is 36.0 Å². The maximum atomic E-state index is 12.8. The van der Waals surface area contributed by atoms with Crippen LogP contribution in [0.15, 0.2) is 12.1 Å². The summed E-state index contributed by atoms with van der Waals surface area (Å²) in [6.45, 7) is 20.7. The van der Waals surface area contributed by atoms with Gasteiger partial charge in [-0.05, 0) is 133 Å². The molecular weight excluding hydrogens is 744 g/mol. The van der Waals surface area contributed by atoms with E-state index >= 15 is 0 Å². The van der Waals surface area contributed by atoms with E-state index in [2.05, 4.69) is 22.3 Å². The molecular formula is C42H63ClN10O4. The SMILES string of the molecule is Cc1nc2cc([C@@H]3CCCCN3C(=O)OC(C)(C)C)nn2c(Cl)c1C.Cc1nc2cc([C@@H]3CCCCN3C(=O)OC(C)(C)C)nn2c(NC2CC2)c1C.NC1CC1. The number of fused-ring (bicyclic) bond motifs is 2. The highest BCUT2D eigenvalue weighted by Gasteiger charge is 2.35. The van der Waals surface area contributed by atoms with Crippen molar-refractivity contribution >= 4 is 40.9 Å². The summed E-state index contributed by atoms with van der Waals surface area (Å²) in [5, 5.41) is 13.7. The third kappa shape index (κ3) is 10.7. The summed E-state index contributed by atoms with van der Waals surface area (Å²) in [6.07, 6.45) is 10.2. The van der Waals surface area contributed by atoms with Crippen LogP contribution in [0.2, 0.25) is 5.15 Å². The van der Waals surface area contributed by atoms with Crippen molar-refractivity contribution in [3.63, 3.8) is 0 Å². The first-order chi connectivity index (χ1) is 26.8. The summed E-state index contributed by atoms with van der Waals surface area (Å²) in [7, 11) is 0. The summed E-state index contributed by atoms with van der Waals surface area (Å²) in [6, 6.07) is 4.88. The highest BCUT2D eigenvalue weighted by molar-refractivity contribution is 6.30. The van der Waals surface area contributed by atoms with Crippen LogP contribution in [0.3, 0.4) is 0 Å². The number of aromatic nitrogens is 6. The monoisotopic (exact) mass is 806 g/mol. The van der Waals surface area contributed by atoms with Crippen molar-refractivity contribution in [1.29, 1.82) is 0 Å². The molecule has 0 unspecified atom stereocenters. The van der Waals surface area contributed by atoms with Crippen molar-refractivity contribution in [3.8, 4) is 0 Å². The average molecular weight is 807 g/mol. The Kier molecular flexibility index (Phi) is 12.6. The lowest BCUT2D eigenvalue weighted by molar-refractivity contribution is 0.00800. The van der Waals surface area contributed by atoms with Gasteiger partial charge >= 0.3 is 12.2 Å². The first kappa shape index (κ1) is 42.4. The maximum absolute atomic E-state index is 12.8. The van der Waals surface area contributed by atoms with E-state index in [9.17, 15) is 9.59 Å². The van der Waals surface area contributed by atoms with Crippen LogP contribution in [-0.2, 0) is 9.47 Å². The van der Waals surface area contributed by atoms with Crippen molar-refractivity contribution in [1.82, 2.24) is 39.0 Å². The third-order valence-electron chi connectivity index (χ3n) is 10.6. The van der Waals surface area contributed by atoms with Gasteiger partial charge in [-0.2, -0.15) is 14.7 Å². The molecule has 0 radical (unpaired) electrons. The number of carbonyl (C=O) groups excluding carboxylic acids is 2. The van der Waals surface area contributed by atoms with E-state index in [0.717, 1.165) is 83.9 Å². The maximum Gasteiger partial charge on any atom is 0.410 e. The molecule has 2 atom stereocenters. The highest BCUT2D eigenvalue weighted by Crippen LogP contribution is 2.35.